The number of nitrogens with zero attached hydrogens (tertiary/aromatic N) is 1. The van der Waals surface area contributed by atoms with Crippen LogP contribution in [0.2, 0.25) is 5.02 Å². The van der Waals surface area contributed by atoms with Crippen LogP contribution in [0.25, 0.3) is 0 Å². The minimum absolute atomic E-state index is 0.133. The van der Waals surface area contributed by atoms with Crippen LogP contribution in [0.15, 0.2) is 48.5 Å². The maximum Gasteiger partial charge on any atom is 0.261 e. The summed E-state index contributed by atoms with van der Waals surface area (Å²) in [6.45, 7) is 4.65. The van der Waals surface area contributed by atoms with Crippen LogP contribution in [0, 0.1) is 3.57 Å². The second kappa shape index (κ2) is 12.0. The van der Waals surface area contributed by atoms with E-state index in [0.29, 0.717) is 30.3 Å². The normalized spacial score (nSPS) is 11.6. The van der Waals surface area contributed by atoms with E-state index < -0.39 is 6.04 Å². The molecule has 0 radical (unpaired) electrons. The van der Waals surface area contributed by atoms with Crippen LogP contribution in [0.4, 0.5) is 0 Å². The standard InChI is InChI=1S/C22H26ClIN2O3/c1-3-13-25-22(28)20(4-2)26(14-16-5-7-17(23)8-6-16)21(27)15-29-19-11-9-18(24)10-12-19/h5-12,20H,3-4,13-15H2,1-2H3,(H,25,28)/t20-/m1/s1. The molecule has 5 nitrogen and oxygen atoms in total. The summed E-state index contributed by atoms with van der Waals surface area (Å²) >= 11 is 8.18. The van der Waals surface area contributed by atoms with Gasteiger partial charge in [0.25, 0.3) is 5.91 Å². The number of hydrogen-bond acceptors (Lipinski definition) is 3. The fraction of sp³-hybridized carbons (Fsp3) is 0.364. The first kappa shape index (κ1) is 23.5. The Labute approximate surface area is 190 Å². The Bertz CT molecular complexity index is 797. The SMILES string of the molecule is CCCNC(=O)[C@@H](CC)N(Cc1ccc(Cl)cc1)C(=O)COc1ccc(I)cc1. The average molecular weight is 529 g/mol. The number of rotatable bonds is 10. The molecule has 2 aromatic carbocycles. The van der Waals surface area contributed by atoms with E-state index in [1.54, 1.807) is 17.0 Å². The summed E-state index contributed by atoms with van der Waals surface area (Å²) in [7, 11) is 0. The van der Waals surface area contributed by atoms with Crippen molar-refractivity contribution < 1.29 is 14.3 Å². The van der Waals surface area contributed by atoms with Gasteiger partial charge in [0.1, 0.15) is 11.8 Å². The highest BCUT2D eigenvalue weighted by atomic mass is 127. The van der Waals surface area contributed by atoms with Crippen molar-refractivity contribution in [1.29, 1.82) is 0 Å². The van der Waals surface area contributed by atoms with Crippen molar-refractivity contribution in [2.45, 2.75) is 39.3 Å². The Morgan fingerprint density at radius 1 is 1.10 bits per heavy atom. The minimum atomic E-state index is -0.565. The molecule has 29 heavy (non-hydrogen) atoms. The van der Waals surface area contributed by atoms with Gasteiger partial charge in [-0.1, -0.05) is 37.6 Å². The fourth-order valence-electron chi connectivity index (χ4n) is 2.83. The summed E-state index contributed by atoms with van der Waals surface area (Å²) in [5, 5.41) is 3.52. The predicted octanol–water partition coefficient (Wildman–Crippen LogP) is 4.66. The smallest absolute Gasteiger partial charge is 0.261 e. The third-order valence-electron chi connectivity index (χ3n) is 4.38. The Kier molecular flexibility index (Phi) is 9.73. The number of hydrogen-bond donors (Lipinski definition) is 1. The molecule has 0 saturated heterocycles. The van der Waals surface area contributed by atoms with Gasteiger partial charge in [-0.2, -0.15) is 0 Å². The van der Waals surface area contributed by atoms with Gasteiger partial charge < -0.3 is 15.0 Å². The van der Waals surface area contributed by atoms with E-state index in [1.807, 2.05) is 50.2 Å². The fourth-order valence-corrected chi connectivity index (χ4v) is 3.32. The first-order valence-corrected chi connectivity index (χ1v) is 11.1. The summed E-state index contributed by atoms with van der Waals surface area (Å²) in [6, 6.07) is 14.2. The maximum absolute atomic E-state index is 13.0. The molecule has 0 heterocycles. The molecule has 0 fully saturated rings. The van der Waals surface area contributed by atoms with Crippen LogP contribution in [0.5, 0.6) is 5.75 Å². The number of benzene rings is 2. The molecule has 1 atom stereocenters. The van der Waals surface area contributed by atoms with Crippen LogP contribution >= 0.6 is 34.2 Å². The number of amides is 2. The molecule has 0 aliphatic rings. The van der Waals surface area contributed by atoms with Gasteiger partial charge in [0.2, 0.25) is 5.91 Å². The van der Waals surface area contributed by atoms with Gasteiger partial charge in [-0.3, -0.25) is 9.59 Å². The summed E-state index contributed by atoms with van der Waals surface area (Å²) < 4.78 is 6.76. The Balaban J connectivity index is 2.16. The third-order valence-corrected chi connectivity index (χ3v) is 5.35. The molecule has 156 valence electrons. The topological polar surface area (TPSA) is 58.6 Å². The Morgan fingerprint density at radius 3 is 2.34 bits per heavy atom. The van der Waals surface area contributed by atoms with Crippen molar-refractivity contribution in [2.75, 3.05) is 13.2 Å². The number of ether oxygens (including phenoxy) is 1. The highest BCUT2D eigenvalue weighted by molar-refractivity contribution is 14.1. The number of nitrogens with one attached hydrogen (secondary N) is 1. The molecular formula is C22H26ClIN2O3. The van der Waals surface area contributed by atoms with Crippen molar-refractivity contribution in [2.24, 2.45) is 0 Å². The van der Waals surface area contributed by atoms with Crippen LogP contribution in [-0.2, 0) is 16.1 Å². The lowest BCUT2D eigenvalue weighted by Gasteiger charge is -2.30. The van der Waals surface area contributed by atoms with E-state index in [2.05, 4.69) is 27.9 Å². The summed E-state index contributed by atoms with van der Waals surface area (Å²) in [6.07, 6.45) is 1.35. The second-order valence-electron chi connectivity index (χ2n) is 6.61. The predicted molar refractivity (Wildman–Crippen MR) is 124 cm³/mol. The van der Waals surface area contributed by atoms with Crippen LogP contribution in [0.3, 0.4) is 0 Å². The molecule has 0 bridgehead atoms. The lowest BCUT2D eigenvalue weighted by Crippen LogP contribution is -2.50. The molecule has 0 aliphatic carbocycles. The van der Waals surface area contributed by atoms with Gasteiger partial charge in [-0.15, -0.1) is 0 Å². The molecule has 2 amide bonds. The van der Waals surface area contributed by atoms with Gasteiger partial charge in [-0.25, -0.2) is 0 Å². The van der Waals surface area contributed by atoms with Gasteiger partial charge in [-0.05, 0) is 77.4 Å². The second-order valence-corrected chi connectivity index (χ2v) is 8.29. The number of halogens is 2. The van der Waals surface area contributed by atoms with Crippen molar-refractivity contribution >= 4 is 46.0 Å². The first-order chi connectivity index (χ1) is 13.9. The first-order valence-electron chi connectivity index (χ1n) is 9.64. The van der Waals surface area contributed by atoms with Crippen LogP contribution in [0.1, 0.15) is 32.3 Å². The molecule has 0 aromatic heterocycles. The molecule has 0 saturated carbocycles. The van der Waals surface area contributed by atoms with Gasteiger partial charge in [0.05, 0.1) is 0 Å². The van der Waals surface area contributed by atoms with E-state index in [0.717, 1.165) is 15.6 Å². The highest BCUT2D eigenvalue weighted by Crippen LogP contribution is 2.17. The lowest BCUT2D eigenvalue weighted by atomic mass is 10.1. The zero-order chi connectivity index (χ0) is 21.2. The van der Waals surface area contributed by atoms with Crippen molar-refractivity contribution in [3.63, 3.8) is 0 Å². The quantitative estimate of drug-likeness (QED) is 0.457. The average Bonchev–Trinajstić information content (AvgIpc) is 2.72. The monoisotopic (exact) mass is 528 g/mol. The largest absolute Gasteiger partial charge is 0.484 e. The summed E-state index contributed by atoms with van der Waals surface area (Å²) in [5.74, 6) is 0.233. The molecular weight excluding hydrogens is 503 g/mol. The van der Waals surface area contributed by atoms with Crippen molar-refractivity contribution in [1.82, 2.24) is 10.2 Å². The van der Waals surface area contributed by atoms with Gasteiger partial charge >= 0.3 is 0 Å². The van der Waals surface area contributed by atoms with E-state index in [9.17, 15) is 9.59 Å². The Hall–Kier alpha value is -1.80. The van der Waals surface area contributed by atoms with E-state index in [1.165, 1.54) is 0 Å². The molecule has 2 rings (SSSR count). The maximum atomic E-state index is 13.0. The number of carbonyl (C=O) groups excluding carboxylic acids is 2. The molecule has 2 aromatic rings. The summed E-state index contributed by atoms with van der Waals surface area (Å²) in [5.41, 5.74) is 0.902. The zero-order valence-electron chi connectivity index (χ0n) is 16.7. The third kappa shape index (κ3) is 7.51. The van der Waals surface area contributed by atoms with Crippen LogP contribution in [-0.4, -0.2) is 35.9 Å². The van der Waals surface area contributed by atoms with Crippen LogP contribution < -0.4 is 10.1 Å². The van der Waals surface area contributed by atoms with E-state index >= 15 is 0 Å². The Morgan fingerprint density at radius 2 is 1.76 bits per heavy atom. The van der Waals surface area contributed by atoms with Gasteiger partial charge in [0, 0.05) is 21.7 Å². The number of carbonyl (C=O) groups is 2. The molecule has 0 unspecified atom stereocenters. The van der Waals surface area contributed by atoms with Crippen molar-refractivity contribution in [3.05, 3.63) is 62.7 Å². The molecule has 0 spiro atoms. The molecule has 7 heteroatoms. The van der Waals surface area contributed by atoms with E-state index in [-0.39, 0.29) is 18.4 Å². The molecule has 0 aliphatic heterocycles. The summed E-state index contributed by atoms with van der Waals surface area (Å²) in [4.78, 5) is 27.3. The van der Waals surface area contributed by atoms with Gasteiger partial charge in [0.15, 0.2) is 6.61 Å². The highest BCUT2D eigenvalue weighted by Gasteiger charge is 2.28. The lowest BCUT2D eigenvalue weighted by molar-refractivity contribution is -0.143. The molecule has 1 N–H and O–H groups in total. The van der Waals surface area contributed by atoms with Crippen molar-refractivity contribution in [3.8, 4) is 5.75 Å². The van der Waals surface area contributed by atoms with E-state index in [4.69, 9.17) is 16.3 Å². The zero-order valence-corrected chi connectivity index (χ0v) is 19.6. The minimum Gasteiger partial charge on any atom is -0.484 e.